The van der Waals surface area contributed by atoms with Gasteiger partial charge in [-0.2, -0.15) is 10.4 Å². The van der Waals surface area contributed by atoms with Crippen molar-refractivity contribution in [3.63, 3.8) is 0 Å². The van der Waals surface area contributed by atoms with Crippen molar-refractivity contribution in [1.29, 1.82) is 5.26 Å². The Morgan fingerprint density at radius 2 is 2.36 bits per heavy atom. The van der Waals surface area contributed by atoms with Crippen LogP contribution in [0.4, 0.5) is 0 Å². The fourth-order valence-corrected chi connectivity index (χ4v) is 1.79. The van der Waals surface area contributed by atoms with Gasteiger partial charge < -0.3 is 0 Å². The number of nitrogens with zero attached hydrogens (tertiary/aromatic N) is 3. The number of hydrogen-bond acceptors (Lipinski definition) is 3. The molecule has 1 rings (SSSR count). The number of nitriles is 1. The normalized spacial score (nSPS) is 26.1. The van der Waals surface area contributed by atoms with E-state index in [9.17, 15) is 0 Å². The number of hydrogen-bond donors (Lipinski definition) is 0. The number of hydrazone groups is 1. The van der Waals surface area contributed by atoms with Gasteiger partial charge >= 0.3 is 0 Å². The first-order valence-electron chi connectivity index (χ1n) is 5.29. The fourth-order valence-electron chi connectivity index (χ4n) is 1.79. The van der Waals surface area contributed by atoms with E-state index in [1.807, 2.05) is 12.1 Å². The molecule has 0 N–H and O–H groups in total. The standard InChI is InChI=1S/C11H19N3/c1-4-5-6-10-9-11(2,7-8-12)14(3)13-10/h4-7,9H2,1-3H3. The molecule has 0 fully saturated rings. The Kier molecular flexibility index (Phi) is 3.51. The summed E-state index contributed by atoms with van der Waals surface area (Å²) in [6, 6.07) is 2.24. The van der Waals surface area contributed by atoms with Crippen LogP contribution in [0.25, 0.3) is 0 Å². The summed E-state index contributed by atoms with van der Waals surface area (Å²) in [5.41, 5.74) is 1.20. The summed E-state index contributed by atoms with van der Waals surface area (Å²) in [7, 11) is 1.97. The van der Waals surface area contributed by atoms with Crippen molar-refractivity contribution in [1.82, 2.24) is 5.01 Å². The van der Waals surface area contributed by atoms with Crippen LogP contribution < -0.4 is 0 Å². The van der Waals surface area contributed by atoms with E-state index >= 15 is 0 Å². The Labute approximate surface area is 86.4 Å². The Morgan fingerprint density at radius 1 is 1.64 bits per heavy atom. The summed E-state index contributed by atoms with van der Waals surface area (Å²) in [6.07, 6.45) is 5.01. The average Bonchev–Trinajstić information content (AvgIpc) is 2.40. The second-order valence-corrected chi connectivity index (χ2v) is 4.30. The summed E-state index contributed by atoms with van der Waals surface area (Å²) in [6.45, 7) is 4.30. The minimum atomic E-state index is -0.0577. The van der Waals surface area contributed by atoms with Gasteiger partial charge in [-0.25, -0.2) is 0 Å². The topological polar surface area (TPSA) is 39.4 Å². The predicted octanol–water partition coefficient (Wildman–Crippen LogP) is 2.54. The average molecular weight is 193 g/mol. The molecule has 0 aliphatic carbocycles. The van der Waals surface area contributed by atoms with Crippen molar-refractivity contribution in [2.75, 3.05) is 7.05 Å². The molecule has 0 spiro atoms. The second kappa shape index (κ2) is 4.45. The molecule has 1 atom stereocenters. The zero-order valence-corrected chi connectivity index (χ0v) is 9.38. The van der Waals surface area contributed by atoms with Crippen LogP contribution in [0.15, 0.2) is 5.10 Å². The van der Waals surface area contributed by atoms with E-state index in [0.717, 1.165) is 12.8 Å². The zero-order valence-electron chi connectivity index (χ0n) is 9.38. The summed E-state index contributed by atoms with van der Waals surface area (Å²) < 4.78 is 0. The fraction of sp³-hybridized carbons (Fsp3) is 0.818. The molecule has 0 aromatic heterocycles. The minimum absolute atomic E-state index is 0.0577. The van der Waals surface area contributed by atoms with Gasteiger partial charge in [0, 0.05) is 19.2 Å². The van der Waals surface area contributed by atoms with Crippen molar-refractivity contribution in [2.45, 2.75) is 51.5 Å². The SMILES string of the molecule is CCCCC1=NN(C)C(C)(CC#N)C1. The Balaban J connectivity index is 2.55. The lowest BCUT2D eigenvalue weighted by Gasteiger charge is -2.28. The number of rotatable bonds is 4. The molecule has 0 saturated carbocycles. The third-order valence-electron chi connectivity index (χ3n) is 2.94. The lowest BCUT2D eigenvalue weighted by Crippen LogP contribution is -2.36. The van der Waals surface area contributed by atoms with Crippen molar-refractivity contribution >= 4 is 5.71 Å². The molecular weight excluding hydrogens is 174 g/mol. The highest BCUT2D eigenvalue weighted by Gasteiger charge is 2.35. The van der Waals surface area contributed by atoms with Crippen LogP contribution in [0.3, 0.4) is 0 Å². The highest BCUT2D eigenvalue weighted by Crippen LogP contribution is 2.30. The van der Waals surface area contributed by atoms with Gasteiger partial charge in [-0.3, -0.25) is 5.01 Å². The molecule has 0 saturated heterocycles. The van der Waals surface area contributed by atoms with E-state index in [4.69, 9.17) is 5.26 Å². The first-order valence-corrected chi connectivity index (χ1v) is 5.29. The quantitative estimate of drug-likeness (QED) is 0.688. The molecule has 0 amide bonds. The molecule has 78 valence electrons. The molecule has 1 aliphatic heterocycles. The summed E-state index contributed by atoms with van der Waals surface area (Å²) >= 11 is 0. The molecule has 1 aliphatic rings. The van der Waals surface area contributed by atoms with Gasteiger partial charge in [0.05, 0.1) is 18.0 Å². The smallest absolute Gasteiger partial charge is 0.0729 e. The molecule has 1 unspecified atom stereocenters. The molecule has 0 bridgehead atoms. The van der Waals surface area contributed by atoms with E-state index in [2.05, 4.69) is 25.0 Å². The van der Waals surface area contributed by atoms with Gasteiger partial charge in [-0.05, 0) is 19.8 Å². The highest BCUT2D eigenvalue weighted by atomic mass is 15.5. The van der Waals surface area contributed by atoms with Crippen LogP contribution in [0, 0.1) is 11.3 Å². The molecule has 3 heteroatoms. The van der Waals surface area contributed by atoms with Gasteiger partial charge in [-0.15, -0.1) is 0 Å². The maximum absolute atomic E-state index is 8.74. The molecule has 0 aromatic carbocycles. The second-order valence-electron chi connectivity index (χ2n) is 4.30. The van der Waals surface area contributed by atoms with Crippen LogP contribution in [0.1, 0.15) is 46.0 Å². The van der Waals surface area contributed by atoms with Crippen LogP contribution in [0.2, 0.25) is 0 Å². The van der Waals surface area contributed by atoms with E-state index in [0.29, 0.717) is 6.42 Å². The van der Waals surface area contributed by atoms with E-state index in [1.54, 1.807) is 0 Å². The lowest BCUT2D eigenvalue weighted by molar-refractivity contribution is 0.178. The van der Waals surface area contributed by atoms with Crippen molar-refractivity contribution in [2.24, 2.45) is 5.10 Å². The van der Waals surface area contributed by atoms with Gasteiger partial charge in [0.1, 0.15) is 0 Å². The third-order valence-corrected chi connectivity index (χ3v) is 2.94. The van der Waals surface area contributed by atoms with E-state index in [1.165, 1.54) is 18.6 Å². The summed E-state index contributed by atoms with van der Waals surface area (Å²) in [4.78, 5) is 0. The molecule has 0 radical (unpaired) electrons. The number of unbranched alkanes of at least 4 members (excludes halogenated alkanes) is 1. The first-order chi connectivity index (χ1) is 6.62. The monoisotopic (exact) mass is 193 g/mol. The van der Waals surface area contributed by atoms with Crippen molar-refractivity contribution in [3.8, 4) is 6.07 Å². The first kappa shape index (κ1) is 11.0. The predicted molar refractivity (Wildman–Crippen MR) is 58.0 cm³/mol. The van der Waals surface area contributed by atoms with Gasteiger partial charge in [0.2, 0.25) is 0 Å². The molecule has 3 nitrogen and oxygen atoms in total. The van der Waals surface area contributed by atoms with Gasteiger partial charge in [-0.1, -0.05) is 13.3 Å². The largest absolute Gasteiger partial charge is 0.293 e. The maximum Gasteiger partial charge on any atom is 0.0729 e. The lowest BCUT2D eigenvalue weighted by atomic mass is 9.91. The zero-order chi connectivity index (χ0) is 10.6. The maximum atomic E-state index is 8.74. The van der Waals surface area contributed by atoms with Crippen LogP contribution in [0.5, 0.6) is 0 Å². The Hall–Kier alpha value is -1.04. The molecule has 1 heterocycles. The van der Waals surface area contributed by atoms with Crippen LogP contribution >= 0.6 is 0 Å². The van der Waals surface area contributed by atoms with E-state index in [-0.39, 0.29) is 5.54 Å². The minimum Gasteiger partial charge on any atom is -0.293 e. The Bertz CT molecular complexity index is 264. The summed E-state index contributed by atoms with van der Waals surface area (Å²) in [5, 5.41) is 15.2. The van der Waals surface area contributed by atoms with Crippen LogP contribution in [-0.4, -0.2) is 23.3 Å². The van der Waals surface area contributed by atoms with Gasteiger partial charge in [0.15, 0.2) is 0 Å². The highest BCUT2D eigenvalue weighted by molar-refractivity contribution is 5.86. The third kappa shape index (κ3) is 2.25. The van der Waals surface area contributed by atoms with E-state index < -0.39 is 0 Å². The molecular formula is C11H19N3. The van der Waals surface area contributed by atoms with Crippen molar-refractivity contribution < 1.29 is 0 Å². The summed E-state index contributed by atoms with van der Waals surface area (Å²) in [5.74, 6) is 0. The molecule has 0 aromatic rings. The molecule has 14 heavy (non-hydrogen) atoms. The van der Waals surface area contributed by atoms with Crippen LogP contribution in [-0.2, 0) is 0 Å². The Morgan fingerprint density at radius 3 is 2.93 bits per heavy atom. The van der Waals surface area contributed by atoms with Crippen molar-refractivity contribution in [3.05, 3.63) is 0 Å². The van der Waals surface area contributed by atoms with Gasteiger partial charge in [0.25, 0.3) is 0 Å².